The van der Waals surface area contributed by atoms with E-state index in [1.165, 1.54) is 23.5 Å². The molecule has 0 unspecified atom stereocenters. The summed E-state index contributed by atoms with van der Waals surface area (Å²) in [7, 11) is 0. The fourth-order valence-corrected chi connectivity index (χ4v) is 4.45. The molecule has 1 saturated heterocycles. The second-order valence-corrected chi connectivity index (χ2v) is 7.75. The maximum Gasteiger partial charge on any atom is 0.416 e. The molecule has 0 saturated carbocycles. The molecule has 0 amide bonds. The van der Waals surface area contributed by atoms with Gasteiger partial charge in [-0.2, -0.15) is 23.4 Å². The SMILES string of the molecule is N#CC1CCN(c2nc(N)nc3cc(-c4ccc(C(F)(F)F)cc4)sc23)CC1. The predicted molar refractivity (Wildman–Crippen MR) is 103 cm³/mol. The number of rotatable bonds is 2. The molecule has 0 aliphatic carbocycles. The first-order valence-electron chi connectivity index (χ1n) is 8.74. The van der Waals surface area contributed by atoms with Crippen molar-refractivity contribution in [3.05, 3.63) is 35.9 Å². The van der Waals surface area contributed by atoms with Gasteiger partial charge in [0, 0.05) is 23.9 Å². The molecule has 1 aliphatic heterocycles. The Balaban J connectivity index is 1.70. The number of piperidine rings is 1. The summed E-state index contributed by atoms with van der Waals surface area (Å²) in [4.78, 5) is 11.6. The summed E-state index contributed by atoms with van der Waals surface area (Å²) < 4.78 is 39.2. The van der Waals surface area contributed by atoms with E-state index in [-0.39, 0.29) is 11.9 Å². The first kappa shape index (κ1) is 18.5. The third kappa shape index (κ3) is 3.47. The minimum absolute atomic E-state index is 0.0527. The molecule has 144 valence electrons. The van der Waals surface area contributed by atoms with Crippen molar-refractivity contribution in [3.63, 3.8) is 0 Å². The molecule has 9 heteroatoms. The Morgan fingerprint density at radius 3 is 2.43 bits per heavy atom. The molecule has 0 spiro atoms. The lowest BCUT2D eigenvalue weighted by Gasteiger charge is -2.30. The second-order valence-electron chi connectivity index (χ2n) is 6.70. The Bertz CT molecular complexity index is 1040. The molecule has 2 N–H and O–H groups in total. The van der Waals surface area contributed by atoms with E-state index in [4.69, 9.17) is 11.0 Å². The number of anilines is 2. The van der Waals surface area contributed by atoms with E-state index in [1.54, 1.807) is 0 Å². The van der Waals surface area contributed by atoms with E-state index in [0.29, 0.717) is 24.2 Å². The van der Waals surface area contributed by atoms with Crippen molar-refractivity contribution in [2.75, 3.05) is 23.7 Å². The first-order chi connectivity index (χ1) is 13.3. The summed E-state index contributed by atoms with van der Waals surface area (Å²) in [6, 6.07) is 9.20. The van der Waals surface area contributed by atoms with Crippen LogP contribution < -0.4 is 10.6 Å². The topological polar surface area (TPSA) is 78.8 Å². The third-order valence-electron chi connectivity index (χ3n) is 4.84. The van der Waals surface area contributed by atoms with Crippen LogP contribution in [0, 0.1) is 17.2 Å². The molecule has 3 heterocycles. The van der Waals surface area contributed by atoms with Crippen LogP contribution in [0.3, 0.4) is 0 Å². The van der Waals surface area contributed by atoms with Gasteiger partial charge in [-0.05, 0) is 36.6 Å². The number of hydrogen-bond acceptors (Lipinski definition) is 6. The van der Waals surface area contributed by atoms with Gasteiger partial charge in [0.2, 0.25) is 5.95 Å². The van der Waals surface area contributed by atoms with E-state index in [0.717, 1.165) is 40.4 Å². The quantitative estimate of drug-likeness (QED) is 0.671. The van der Waals surface area contributed by atoms with E-state index >= 15 is 0 Å². The minimum Gasteiger partial charge on any atom is -0.368 e. The Morgan fingerprint density at radius 1 is 1.14 bits per heavy atom. The Labute approximate surface area is 163 Å². The van der Waals surface area contributed by atoms with Crippen LogP contribution >= 0.6 is 11.3 Å². The molecular weight excluding hydrogens is 387 g/mol. The molecule has 0 bridgehead atoms. The van der Waals surface area contributed by atoms with Crippen LogP contribution in [0.1, 0.15) is 18.4 Å². The summed E-state index contributed by atoms with van der Waals surface area (Å²) in [5.41, 5.74) is 6.56. The summed E-state index contributed by atoms with van der Waals surface area (Å²) in [5, 5.41) is 9.08. The number of halogens is 3. The Kier molecular flexibility index (Phi) is 4.59. The molecule has 28 heavy (non-hydrogen) atoms. The van der Waals surface area contributed by atoms with Crippen molar-refractivity contribution in [1.82, 2.24) is 9.97 Å². The van der Waals surface area contributed by atoms with Gasteiger partial charge in [0.15, 0.2) is 5.82 Å². The molecule has 0 radical (unpaired) electrons. The molecule has 1 fully saturated rings. The highest BCUT2D eigenvalue weighted by Gasteiger charge is 2.30. The highest BCUT2D eigenvalue weighted by atomic mass is 32.1. The first-order valence-corrected chi connectivity index (χ1v) is 9.56. The molecule has 4 rings (SSSR count). The minimum atomic E-state index is -4.36. The number of fused-ring (bicyclic) bond motifs is 1. The number of aromatic nitrogens is 2. The van der Waals surface area contributed by atoms with Crippen molar-refractivity contribution in [1.29, 1.82) is 5.26 Å². The van der Waals surface area contributed by atoms with Crippen molar-refractivity contribution in [3.8, 4) is 16.5 Å². The average Bonchev–Trinajstić information content (AvgIpc) is 3.11. The fraction of sp³-hybridized carbons (Fsp3) is 0.316. The average molecular weight is 403 g/mol. The maximum absolute atomic E-state index is 12.8. The smallest absolute Gasteiger partial charge is 0.368 e. The number of benzene rings is 1. The third-order valence-corrected chi connectivity index (χ3v) is 6.01. The number of nitrogens with two attached hydrogens (primary N) is 1. The van der Waals surface area contributed by atoms with Crippen molar-refractivity contribution in [2.45, 2.75) is 19.0 Å². The monoisotopic (exact) mass is 403 g/mol. The van der Waals surface area contributed by atoms with Crippen LogP contribution in [0.4, 0.5) is 24.9 Å². The maximum atomic E-state index is 12.8. The molecule has 5 nitrogen and oxygen atoms in total. The highest BCUT2D eigenvalue weighted by Crippen LogP contribution is 2.39. The van der Waals surface area contributed by atoms with Gasteiger partial charge in [-0.15, -0.1) is 11.3 Å². The number of nitriles is 1. The van der Waals surface area contributed by atoms with Crippen molar-refractivity contribution < 1.29 is 13.2 Å². The molecule has 0 atom stereocenters. The number of nitrogens with zero attached hydrogens (tertiary/aromatic N) is 4. The number of thiophene rings is 1. The highest BCUT2D eigenvalue weighted by molar-refractivity contribution is 7.22. The molecule has 1 aromatic carbocycles. The van der Waals surface area contributed by atoms with E-state index in [2.05, 4.69) is 20.9 Å². The Morgan fingerprint density at radius 2 is 1.82 bits per heavy atom. The normalized spacial score (nSPS) is 15.7. The van der Waals surface area contributed by atoms with Crippen LogP contribution in [0.2, 0.25) is 0 Å². The lowest BCUT2D eigenvalue weighted by atomic mass is 9.99. The molecule has 2 aromatic heterocycles. The van der Waals surface area contributed by atoms with Crippen molar-refractivity contribution >= 4 is 33.3 Å². The van der Waals surface area contributed by atoms with Crippen LogP contribution in [-0.4, -0.2) is 23.1 Å². The van der Waals surface area contributed by atoms with Gasteiger partial charge >= 0.3 is 6.18 Å². The number of hydrogen-bond donors (Lipinski definition) is 1. The van der Waals surface area contributed by atoms with E-state index in [9.17, 15) is 13.2 Å². The Hall–Kier alpha value is -2.86. The second kappa shape index (κ2) is 6.95. The van der Waals surface area contributed by atoms with Crippen LogP contribution in [0.5, 0.6) is 0 Å². The van der Waals surface area contributed by atoms with Crippen LogP contribution in [0.15, 0.2) is 30.3 Å². The molecule has 3 aromatic rings. The predicted octanol–water partition coefficient (Wildman–Crippen LogP) is 4.70. The van der Waals surface area contributed by atoms with Crippen LogP contribution in [0.25, 0.3) is 20.7 Å². The van der Waals surface area contributed by atoms with Gasteiger partial charge in [0.05, 0.1) is 21.8 Å². The summed E-state index contributed by atoms with van der Waals surface area (Å²) >= 11 is 1.43. The lowest BCUT2D eigenvalue weighted by molar-refractivity contribution is -0.137. The van der Waals surface area contributed by atoms with Gasteiger partial charge in [-0.25, -0.2) is 4.98 Å². The zero-order chi connectivity index (χ0) is 19.9. The van der Waals surface area contributed by atoms with Gasteiger partial charge in [-0.1, -0.05) is 12.1 Å². The molecule has 1 aliphatic rings. The number of nitrogen functional groups attached to an aromatic ring is 1. The summed E-state index contributed by atoms with van der Waals surface area (Å²) in [6.45, 7) is 1.41. The van der Waals surface area contributed by atoms with Crippen LogP contribution in [-0.2, 0) is 6.18 Å². The van der Waals surface area contributed by atoms with Gasteiger partial charge in [0.1, 0.15) is 0 Å². The largest absolute Gasteiger partial charge is 0.416 e. The van der Waals surface area contributed by atoms with Gasteiger partial charge in [0.25, 0.3) is 0 Å². The standard InChI is InChI=1S/C19H16F3N5S/c20-19(21,22)13-3-1-12(2-4-13)15-9-14-16(28-15)17(26-18(24)25-14)27-7-5-11(10-23)6-8-27/h1-4,9,11H,5-8H2,(H2,24,25,26). The number of alkyl halides is 3. The zero-order valence-electron chi connectivity index (χ0n) is 14.7. The van der Waals surface area contributed by atoms with Gasteiger partial charge < -0.3 is 10.6 Å². The zero-order valence-corrected chi connectivity index (χ0v) is 15.5. The van der Waals surface area contributed by atoms with Crippen molar-refractivity contribution in [2.24, 2.45) is 5.92 Å². The van der Waals surface area contributed by atoms with Gasteiger partial charge in [-0.3, -0.25) is 0 Å². The van der Waals surface area contributed by atoms with E-state index < -0.39 is 11.7 Å². The van der Waals surface area contributed by atoms with E-state index in [1.807, 2.05) is 6.07 Å². The summed E-state index contributed by atoms with van der Waals surface area (Å²) in [6.07, 6.45) is -2.83. The lowest BCUT2D eigenvalue weighted by Crippen LogP contribution is -2.34. The molecular formula is C19H16F3N5S. The fourth-order valence-electron chi connectivity index (χ4n) is 3.33. The summed E-state index contributed by atoms with van der Waals surface area (Å²) in [5.74, 6) is 0.931.